The van der Waals surface area contributed by atoms with Gasteiger partial charge in [-0.25, -0.2) is 4.79 Å². The van der Waals surface area contributed by atoms with Gasteiger partial charge in [0.05, 0.1) is 14.1 Å². The van der Waals surface area contributed by atoms with Gasteiger partial charge in [0.1, 0.15) is 13.2 Å². The van der Waals surface area contributed by atoms with Crippen LogP contribution in [0, 0.1) is 0 Å². The van der Waals surface area contributed by atoms with Gasteiger partial charge in [0.2, 0.25) is 5.91 Å². The summed E-state index contributed by atoms with van der Waals surface area (Å²) in [5, 5.41) is 5.94. The zero-order valence-corrected chi connectivity index (χ0v) is 24.3. The van der Waals surface area contributed by atoms with E-state index in [4.69, 9.17) is 8.85 Å². The molecule has 2 N–H and O–H groups in total. The Morgan fingerprint density at radius 3 is 1.85 bits per heavy atom. The number of carbonyl (C=O) groups is 3. The Morgan fingerprint density at radius 1 is 0.909 bits per heavy atom. The molecule has 0 aliphatic carbocycles. The van der Waals surface area contributed by atoms with Gasteiger partial charge in [-0.3, -0.25) is 9.59 Å². The minimum atomic E-state index is -1.82. The van der Waals surface area contributed by atoms with E-state index in [-0.39, 0.29) is 18.4 Å². The van der Waals surface area contributed by atoms with Crippen LogP contribution in [-0.4, -0.2) is 85.8 Å². The Balaban J connectivity index is 4.21. The highest BCUT2D eigenvalue weighted by molar-refractivity contribution is 6.84. The van der Waals surface area contributed by atoms with Gasteiger partial charge < -0.3 is 24.0 Å². The fourth-order valence-corrected chi connectivity index (χ4v) is 12.3. The standard InChI is InChI=1S/C23H47N3O5Si2/c1-10-21(27)24-13-11-17-32(6,7)31-33(8,9)18-12-14-25-22(28)19-26(4,5)15-16-30-23(29)20(2)3/h2,10-19H2,1,3-9H3,(H-,24,25,27,28)/p+1. The predicted molar refractivity (Wildman–Crippen MR) is 139 cm³/mol. The lowest BCUT2D eigenvalue weighted by atomic mass is 10.3. The summed E-state index contributed by atoms with van der Waals surface area (Å²) in [5.74, 6) is -0.307. The van der Waals surface area contributed by atoms with Crippen molar-refractivity contribution in [3.05, 3.63) is 12.2 Å². The van der Waals surface area contributed by atoms with Gasteiger partial charge in [0.15, 0.2) is 23.2 Å². The molecular formula is C23H48N3O5Si2+. The average molecular weight is 503 g/mol. The summed E-state index contributed by atoms with van der Waals surface area (Å²) in [6, 6.07) is 2.02. The molecule has 2 amide bonds. The van der Waals surface area contributed by atoms with E-state index >= 15 is 0 Å². The summed E-state index contributed by atoms with van der Waals surface area (Å²) in [6.07, 6.45) is 2.37. The van der Waals surface area contributed by atoms with Crippen molar-refractivity contribution in [1.29, 1.82) is 0 Å². The molecule has 8 nitrogen and oxygen atoms in total. The molecule has 10 heteroatoms. The van der Waals surface area contributed by atoms with Crippen molar-refractivity contribution < 1.29 is 27.7 Å². The first kappa shape index (κ1) is 31.5. The van der Waals surface area contributed by atoms with E-state index in [0.29, 0.717) is 42.7 Å². The number of hydrogen-bond acceptors (Lipinski definition) is 5. The molecule has 0 radical (unpaired) electrons. The van der Waals surface area contributed by atoms with Crippen LogP contribution < -0.4 is 10.6 Å². The lowest BCUT2D eigenvalue weighted by Crippen LogP contribution is -2.49. The lowest BCUT2D eigenvalue weighted by molar-refractivity contribution is -0.882. The molecule has 0 atom stereocenters. The summed E-state index contributed by atoms with van der Waals surface area (Å²) >= 11 is 0. The molecule has 0 saturated carbocycles. The van der Waals surface area contributed by atoms with E-state index < -0.39 is 22.6 Å². The molecule has 0 aromatic heterocycles. The van der Waals surface area contributed by atoms with Crippen molar-refractivity contribution in [2.75, 3.05) is 46.9 Å². The molecule has 0 unspecified atom stereocenters. The topological polar surface area (TPSA) is 93.7 Å². The quantitative estimate of drug-likeness (QED) is 0.105. The second-order valence-corrected chi connectivity index (χ2v) is 19.5. The van der Waals surface area contributed by atoms with E-state index in [1.807, 2.05) is 21.0 Å². The van der Waals surface area contributed by atoms with Crippen LogP contribution in [0.15, 0.2) is 12.2 Å². The molecule has 33 heavy (non-hydrogen) atoms. The van der Waals surface area contributed by atoms with E-state index in [1.165, 1.54) is 0 Å². The van der Waals surface area contributed by atoms with Crippen molar-refractivity contribution in [3.63, 3.8) is 0 Å². The van der Waals surface area contributed by atoms with Crippen LogP contribution in [0.1, 0.15) is 33.1 Å². The first-order chi connectivity index (χ1) is 15.1. The largest absolute Gasteiger partial charge is 0.456 e. The summed E-state index contributed by atoms with van der Waals surface area (Å²) in [7, 11) is 0.282. The Labute approximate surface area is 203 Å². The molecule has 0 fully saturated rings. The zero-order chi connectivity index (χ0) is 25.7. The van der Waals surface area contributed by atoms with Crippen LogP contribution in [0.5, 0.6) is 0 Å². The number of rotatable bonds is 17. The van der Waals surface area contributed by atoms with E-state index in [9.17, 15) is 14.4 Å². The van der Waals surface area contributed by atoms with Crippen molar-refractivity contribution in [3.8, 4) is 0 Å². The van der Waals surface area contributed by atoms with Crippen LogP contribution in [0.2, 0.25) is 38.3 Å². The summed E-state index contributed by atoms with van der Waals surface area (Å²) in [5.41, 5.74) is 0.375. The first-order valence-corrected chi connectivity index (χ1v) is 18.2. The minimum Gasteiger partial charge on any atom is -0.456 e. The van der Waals surface area contributed by atoms with E-state index in [0.717, 1.165) is 24.9 Å². The Bertz CT molecular complexity index is 666. The molecule has 0 aliphatic rings. The molecular weight excluding hydrogens is 454 g/mol. The summed E-state index contributed by atoms with van der Waals surface area (Å²) < 4.78 is 12.2. The number of likely N-dealkylation sites (N-methyl/N-ethyl adjacent to an activating group) is 1. The molecule has 0 spiro atoms. The van der Waals surface area contributed by atoms with Gasteiger partial charge >= 0.3 is 5.97 Å². The highest BCUT2D eigenvalue weighted by Crippen LogP contribution is 2.23. The Kier molecular flexibility index (Phi) is 14.0. The fourth-order valence-electron chi connectivity index (χ4n) is 3.49. The van der Waals surface area contributed by atoms with E-state index in [2.05, 4.69) is 43.4 Å². The monoisotopic (exact) mass is 502 g/mol. The Hall–Kier alpha value is -1.50. The van der Waals surface area contributed by atoms with Crippen LogP contribution in [-0.2, 0) is 23.2 Å². The fraction of sp³-hybridized carbons (Fsp3) is 0.783. The molecule has 0 bridgehead atoms. The van der Waals surface area contributed by atoms with Gasteiger partial charge in [-0.15, -0.1) is 0 Å². The normalized spacial score (nSPS) is 12.2. The maximum absolute atomic E-state index is 12.3. The molecule has 0 heterocycles. The van der Waals surface area contributed by atoms with Gasteiger partial charge in [-0.1, -0.05) is 13.5 Å². The second kappa shape index (κ2) is 14.7. The maximum Gasteiger partial charge on any atom is 0.333 e. The third-order valence-corrected chi connectivity index (χ3v) is 12.8. The molecule has 192 valence electrons. The average Bonchev–Trinajstić information content (AvgIpc) is 2.66. The zero-order valence-electron chi connectivity index (χ0n) is 22.3. The number of quaternary nitrogens is 1. The predicted octanol–water partition coefficient (Wildman–Crippen LogP) is 3.03. The van der Waals surface area contributed by atoms with Crippen molar-refractivity contribution >= 4 is 34.4 Å². The van der Waals surface area contributed by atoms with Crippen LogP contribution in [0.3, 0.4) is 0 Å². The number of esters is 1. The third-order valence-electron chi connectivity index (χ3n) is 5.28. The number of carbonyl (C=O) groups excluding carboxylic acids is 3. The van der Waals surface area contributed by atoms with Crippen molar-refractivity contribution in [1.82, 2.24) is 10.6 Å². The number of hydrogen-bond donors (Lipinski definition) is 2. The number of amides is 2. The second-order valence-electron chi connectivity index (χ2n) is 10.6. The summed E-state index contributed by atoms with van der Waals surface area (Å²) in [6.45, 7) is 18.5. The molecule has 0 aromatic carbocycles. The highest BCUT2D eigenvalue weighted by Gasteiger charge is 2.32. The van der Waals surface area contributed by atoms with Crippen molar-refractivity contribution in [2.24, 2.45) is 0 Å². The van der Waals surface area contributed by atoms with Gasteiger partial charge in [0.25, 0.3) is 5.91 Å². The van der Waals surface area contributed by atoms with Crippen LogP contribution in [0.4, 0.5) is 0 Å². The maximum atomic E-state index is 12.3. The molecule has 0 rings (SSSR count). The highest BCUT2D eigenvalue weighted by atomic mass is 28.4. The minimum absolute atomic E-state index is 0.00421. The first-order valence-electron chi connectivity index (χ1n) is 12.0. The molecule has 0 aliphatic heterocycles. The number of ether oxygens (including phenoxy) is 1. The van der Waals surface area contributed by atoms with Gasteiger partial charge in [-0.2, -0.15) is 0 Å². The van der Waals surface area contributed by atoms with Crippen LogP contribution >= 0.6 is 0 Å². The van der Waals surface area contributed by atoms with E-state index in [1.54, 1.807) is 6.92 Å². The molecule has 0 saturated heterocycles. The van der Waals surface area contributed by atoms with Crippen molar-refractivity contribution in [2.45, 2.75) is 71.4 Å². The third kappa shape index (κ3) is 16.7. The number of nitrogens with one attached hydrogen (secondary N) is 2. The molecule has 0 aromatic rings. The van der Waals surface area contributed by atoms with Crippen LogP contribution in [0.25, 0.3) is 0 Å². The lowest BCUT2D eigenvalue weighted by Gasteiger charge is -2.34. The Morgan fingerprint density at radius 2 is 1.39 bits per heavy atom. The SMILES string of the molecule is C=C(C)C(=O)OCC[N+](C)(C)CC(=O)NCCC[Si](C)(C)O[Si](C)(C)CCCNC(=O)CC. The number of nitrogens with zero attached hydrogens (tertiary/aromatic N) is 1. The van der Waals surface area contributed by atoms with Gasteiger partial charge in [0, 0.05) is 25.1 Å². The van der Waals surface area contributed by atoms with Gasteiger partial charge in [-0.05, 0) is 58.0 Å². The smallest absolute Gasteiger partial charge is 0.333 e. The summed E-state index contributed by atoms with van der Waals surface area (Å²) in [4.78, 5) is 35.2.